The van der Waals surface area contributed by atoms with Gasteiger partial charge in [0.15, 0.2) is 0 Å². The maximum atomic E-state index is 12.8. The Morgan fingerprint density at radius 3 is 2.62 bits per heavy atom. The van der Waals surface area contributed by atoms with Gasteiger partial charge in [-0.1, -0.05) is 11.8 Å². The van der Waals surface area contributed by atoms with Gasteiger partial charge in [-0.05, 0) is 61.5 Å². The van der Waals surface area contributed by atoms with E-state index in [9.17, 15) is 9.18 Å². The van der Waals surface area contributed by atoms with Crippen LogP contribution in [0.1, 0.15) is 12.8 Å². The number of carbonyl (C=O) groups is 1. The van der Waals surface area contributed by atoms with Gasteiger partial charge in [0.25, 0.3) is 0 Å². The van der Waals surface area contributed by atoms with Crippen LogP contribution in [0.3, 0.4) is 0 Å². The van der Waals surface area contributed by atoms with Gasteiger partial charge in [-0.2, -0.15) is 0 Å². The molecule has 4 rings (SSSR count). The molecule has 1 atom stereocenters. The zero-order chi connectivity index (χ0) is 14.7. The van der Waals surface area contributed by atoms with Crippen molar-refractivity contribution in [3.8, 4) is 0 Å². The van der Waals surface area contributed by atoms with Crippen molar-refractivity contribution in [2.45, 2.75) is 23.8 Å². The highest BCUT2D eigenvalue weighted by Crippen LogP contribution is 2.27. The number of nitrogens with one attached hydrogen (secondary N) is 1. The summed E-state index contributed by atoms with van der Waals surface area (Å²) in [7, 11) is 0. The number of benzene rings is 1. The highest BCUT2D eigenvalue weighted by Gasteiger charge is 2.34. The topological polar surface area (TPSA) is 32.3 Å². The molecule has 3 saturated heterocycles. The van der Waals surface area contributed by atoms with E-state index >= 15 is 0 Å². The molecule has 0 aromatic heterocycles. The minimum atomic E-state index is -0.247. The molecule has 0 spiro atoms. The average molecular weight is 306 g/mol. The zero-order valence-electron chi connectivity index (χ0n) is 11.8. The molecule has 3 nitrogen and oxygen atoms in total. The molecule has 112 valence electrons. The Morgan fingerprint density at radius 1 is 1.29 bits per heavy atom. The third-order valence-corrected chi connectivity index (χ3v) is 5.04. The van der Waals surface area contributed by atoms with Gasteiger partial charge in [0.2, 0.25) is 5.91 Å². The van der Waals surface area contributed by atoms with Crippen LogP contribution >= 0.6 is 11.8 Å². The van der Waals surface area contributed by atoms with Crippen molar-refractivity contribution in [3.63, 3.8) is 0 Å². The molecule has 3 fully saturated rings. The molecule has 0 radical (unpaired) electrons. The highest BCUT2D eigenvalue weighted by molar-refractivity contribution is 8.02. The van der Waals surface area contributed by atoms with Crippen LogP contribution in [-0.4, -0.2) is 36.5 Å². The van der Waals surface area contributed by atoms with Gasteiger partial charge in [0.1, 0.15) is 5.82 Å². The summed E-state index contributed by atoms with van der Waals surface area (Å²) >= 11 is 1.42. The Hall–Kier alpha value is -1.33. The predicted molar refractivity (Wildman–Crippen MR) is 82.5 cm³/mol. The summed E-state index contributed by atoms with van der Waals surface area (Å²) in [5, 5.41) is 4.86. The van der Waals surface area contributed by atoms with Gasteiger partial charge in [0.05, 0.1) is 0 Å². The minimum Gasteiger partial charge on any atom is -0.348 e. The van der Waals surface area contributed by atoms with E-state index in [-0.39, 0.29) is 11.7 Å². The van der Waals surface area contributed by atoms with E-state index < -0.39 is 0 Å². The number of amides is 1. The first kappa shape index (κ1) is 14.6. The Balaban J connectivity index is 1.47. The normalized spacial score (nSPS) is 28.0. The number of hydrogen-bond donors (Lipinski definition) is 1. The molecule has 5 heteroatoms. The highest BCUT2D eigenvalue weighted by atomic mass is 32.2. The lowest BCUT2D eigenvalue weighted by molar-refractivity contribution is -0.118. The van der Waals surface area contributed by atoms with Crippen LogP contribution in [0.15, 0.2) is 40.6 Å². The minimum absolute atomic E-state index is 0.0386. The van der Waals surface area contributed by atoms with Crippen molar-refractivity contribution in [3.05, 3.63) is 41.6 Å². The van der Waals surface area contributed by atoms with Gasteiger partial charge < -0.3 is 10.2 Å². The molecular weight excluding hydrogens is 287 g/mol. The molecular formula is C16H19FN2OS. The van der Waals surface area contributed by atoms with Crippen molar-refractivity contribution in [2.75, 3.05) is 19.6 Å². The summed E-state index contributed by atoms with van der Waals surface area (Å²) in [6, 6.07) is 6.54. The third kappa shape index (κ3) is 3.86. The third-order valence-electron chi connectivity index (χ3n) is 4.22. The number of nitrogens with zero attached hydrogens (tertiary/aromatic N) is 1. The van der Waals surface area contributed by atoms with E-state index in [0.29, 0.717) is 12.0 Å². The first-order valence-electron chi connectivity index (χ1n) is 7.32. The molecule has 1 aromatic rings. The zero-order valence-corrected chi connectivity index (χ0v) is 12.6. The molecule has 0 saturated carbocycles. The second kappa shape index (κ2) is 6.62. The summed E-state index contributed by atoms with van der Waals surface area (Å²) in [4.78, 5) is 15.3. The summed E-state index contributed by atoms with van der Waals surface area (Å²) in [6.07, 6.45) is 3.95. The Bertz CT molecular complexity index is 524. The smallest absolute Gasteiger partial charge is 0.244 e. The summed E-state index contributed by atoms with van der Waals surface area (Å²) in [5.41, 5.74) is 0. The van der Waals surface area contributed by atoms with Crippen molar-refractivity contribution >= 4 is 17.7 Å². The Labute approximate surface area is 128 Å². The van der Waals surface area contributed by atoms with E-state index in [1.807, 2.05) is 0 Å². The van der Waals surface area contributed by atoms with E-state index in [0.717, 1.165) is 11.4 Å². The standard InChI is InChI=1S/C16H19FN2OS/c17-13-1-3-14(4-2-13)21-10-7-16(20)18-15-11-19-8-5-12(15)6-9-19/h1-4,7,10,12,15H,5-6,8-9,11H2,(H,18,20)/b10-7-. The molecule has 3 aliphatic heterocycles. The summed E-state index contributed by atoms with van der Waals surface area (Å²) in [5.74, 6) is 0.351. The summed E-state index contributed by atoms with van der Waals surface area (Å²) in [6.45, 7) is 3.33. The lowest BCUT2D eigenvalue weighted by Crippen LogP contribution is -2.57. The van der Waals surface area contributed by atoms with Crippen LogP contribution in [0.25, 0.3) is 0 Å². The Kier molecular flexibility index (Phi) is 4.60. The molecule has 2 bridgehead atoms. The van der Waals surface area contributed by atoms with Crippen LogP contribution in [0.2, 0.25) is 0 Å². The molecule has 1 N–H and O–H groups in total. The molecule has 1 unspecified atom stereocenters. The van der Waals surface area contributed by atoms with Crippen molar-refractivity contribution in [1.29, 1.82) is 0 Å². The number of thioether (sulfide) groups is 1. The van der Waals surface area contributed by atoms with Crippen LogP contribution < -0.4 is 5.32 Å². The fourth-order valence-corrected chi connectivity index (χ4v) is 3.69. The van der Waals surface area contributed by atoms with Crippen LogP contribution in [0.5, 0.6) is 0 Å². The van der Waals surface area contributed by atoms with Crippen LogP contribution in [0.4, 0.5) is 4.39 Å². The number of halogens is 1. The maximum Gasteiger partial charge on any atom is 0.244 e. The van der Waals surface area contributed by atoms with Crippen LogP contribution in [0, 0.1) is 11.7 Å². The largest absolute Gasteiger partial charge is 0.348 e. The number of rotatable bonds is 4. The predicted octanol–water partition coefficient (Wildman–Crippen LogP) is 2.64. The Morgan fingerprint density at radius 2 is 2.00 bits per heavy atom. The monoisotopic (exact) mass is 306 g/mol. The van der Waals surface area contributed by atoms with Gasteiger partial charge in [-0.3, -0.25) is 4.79 Å². The van der Waals surface area contributed by atoms with Gasteiger partial charge >= 0.3 is 0 Å². The second-order valence-corrected chi connectivity index (χ2v) is 6.61. The number of carbonyl (C=O) groups excluding carboxylic acids is 1. The molecule has 1 aromatic carbocycles. The molecule has 0 aliphatic carbocycles. The molecule has 21 heavy (non-hydrogen) atoms. The second-order valence-electron chi connectivity index (χ2n) is 5.63. The first-order valence-corrected chi connectivity index (χ1v) is 8.20. The van der Waals surface area contributed by atoms with E-state index in [1.165, 1.54) is 49.8 Å². The fourth-order valence-electron chi connectivity index (χ4n) is 3.05. The summed E-state index contributed by atoms with van der Waals surface area (Å²) < 4.78 is 12.8. The van der Waals surface area contributed by atoms with Crippen molar-refractivity contribution in [1.82, 2.24) is 10.2 Å². The number of piperidine rings is 3. The van der Waals surface area contributed by atoms with Crippen molar-refractivity contribution < 1.29 is 9.18 Å². The molecule has 1 amide bonds. The van der Waals surface area contributed by atoms with Gasteiger partial charge in [-0.15, -0.1) is 0 Å². The van der Waals surface area contributed by atoms with E-state index in [1.54, 1.807) is 23.6 Å². The number of hydrogen-bond acceptors (Lipinski definition) is 3. The first-order chi connectivity index (χ1) is 10.2. The fraction of sp³-hybridized carbons (Fsp3) is 0.438. The SMILES string of the molecule is O=C(/C=C\Sc1ccc(F)cc1)NC1CN2CCC1CC2. The number of fused-ring (bicyclic) bond motifs is 3. The lowest BCUT2D eigenvalue weighted by Gasteiger charge is -2.44. The lowest BCUT2D eigenvalue weighted by atomic mass is 9.84. The van der Waals surface area contributed by atoms with Gasteiger partial charge in [-0.25, -0.2) is 4.39 Å². The molecule has 3 heterocycles. The molecule has 3 aliphatic rings. The van der Waals surface area contributed by atoms with Crippen molar-refractivity contribution in [2.24, 2.45) is 5.92 Å². The van der Waals surface area contributed by atoms with E-state index in [2.05, 4.69) is 10.2 Å². The maximum absolute atomic E-state index is 12.8. The average Bonchev–Trinajstić information content (AvgIpc) is 2.50. The van der Waals surface area contributed by atoms with Crippen LogP contribution in [-0.2, 0) is 4.79 Å². The van der Waals surface area contributed by atoms with E-state index in [4.69, 9.17) is 0 Å². The van der Waals surface area contributed by atoms with Gasteiger partial charge in [0, 0.05) is 23.6 Å². The quantitative estimate of drug-likeness (QED) is 0.685.